The maximum absolute atomic E-state index is 8.59. The van der Waals surface area contributed by atoms with Gasteiger partial charge in [-0.15, -0.1) is 0 Å². The zero-order valence-corrected chi connectivity index (χ0v) is 10.7. The van der Waals surface area contributed by atoms with E-state index in [4.69, 9.17) is 10.9 Å². The molecule has 0 amide bonds. The molecule has 3 rings (SSSR count). The Balaban J connectivity index is 1.92. The summed E-state index contributed by atoms with van der Waals surface area (Å²) in [6.45, 7) is 0. The highest BCUT2D eigenvalue weighted by molar-refractivity contribution is 7.99. The molecule has 1 aliphatic rings. The summed E-state index contributed by atoms with van der Waals surface area (Å²) in [5.74, 6) is 0.935. The molecule has 0 fully saturated rings. The van der Waals surface area contributed by atoms with Crippen LogP contribution in [0.3, 0.4) is 0 Å². The first-order valence-corrected chi connectivity index (χ1v) is 6.43. The minimum Gasteiger partial charge on any atom is -0.409 e. The third kappa shape index (κ3) is 2.32. The molecule has 1 aliphatic heterocycles. The van der Waals surface area contributed by atoms with E-state index < -0.39 is 0 Å². The summed E-state index contributed by atoms with van der Waals surface area (Å²) < 4.78 is 0. The SMILES string of the molecule is NC(Cc1ccc2c(c1)Nc1nccnc1S2)=NO. The summed E-state index contributed by atoms with van der Waals surface area (Å²) in [6, 6.07) is 5.91. The van der Waals surface area contributed by atoms with Crippen molar-refractivity contribution in [3.63, 3.8) is 0 Å². The zero-order valence-electron chi connectivity index (χ0n) is 9.87. The first-order chi connectivity index (χ1) is 9.26. The summed E-state index contributed by atoms with van der Waals surface area (Å²) in [4.78, 5) is 9.59. The summed E-state index contributed by atoms with van der Waals surface area (Å²) in [5, 5.41) is 15.7. The van der Waals surface area contributed by atoms with Gasteiger partial charge in [-0.1, -0.05) is 23.0 Å². The molecule has 4 N–H and O–H groups in total. The average molecular weight is 273 g/mol. The fourth-order valence-corrected chi connectivity index (χ4v) is 2.71. The van der Waals surface area contributed by atoms with Crippen LogP contribution in [0.1, 0.15) is 5.56 Å². The van der Waals surface area contributed by atoms with Gasteiger partial charge in [0.15, 0.2) is 5.82 Å². The van der Waals surface area contributed by atoms with Crippen LogP contribution in [-0.4, -0.2) is 21.0 Å². The van der Waals surface area contributed by atoms with Crippen molar-refractivity contribution >= 4 is 29.1 Å². The highest BCUT2D eigenvalue weighted by Gasteiger charge is 2.17. The molecule has 0 saturated carbocycles. The lowest BCUT2D eigenvalue weighted by atomic mass is 10.1. The molecule has 2 heterocycles. The standard InChI is InChI=1S/C12H11N5OS/c13-10(17-18)6-7-1-2-9-8(5-7)16-11-12(19-9)15-4-3-14-11/h1-5,18H,6H2,(H2,13,17)(H,14,16). The number of aromatic nitrogens is 2. The molecule has 0 unspecified atom stereocenters. The van der Waals surface area contributed by atoms with Gasteiger partial charge in [-0.2, -0.15) is 0 Å². The predicted molar refractivity (Wildman–Crippen MR) is 73.0 cm³/mol. The molecule has 1 aromatic heterocycles. The minimum absolute atomic E-state index is 0.184. The molecule has 6 nitrogen and oxygen atoms in total. The average Bonchev–Trinajstić information content (AvgIpc) is 2.45. The number of hydrogen-bond donors (Lipinski definition) is 3. The van der Waals surface area contributed by atoms with E-state index in [1.54, 1.807) is 24.2 Å². The molecular formula is C12H11N5OS. The van der Waals surface area contributed by atoms with E-state index in [0.717, 1.165) is 27.0 Å². The second kappa shape index (κ2) is 4.77. The Labute approximate surface area is 113 Å². The normalized spacial score (nSPS) is 13.4. The number of hydrogen-bond acceptors (Lipinski definition) is 6. The van der Waals surface area contributed by atoms with Gasteiger partial charge in [0.25, 0.3) is 0 Å². The lowest BCUT2D eigenvalue weighted by Crippen LogP contribution is -2.15. The summed E-state index contributed by atoms with van der Waals surface area (Å²) in [6.07, 6.45) is 3.73. The maximum Gasteiger partial charge on any atom is 0.163 e. The Hall–Kier alpha value is -2.28. The van der Waals surface area contributed by atoms with Gasteiger partial charge in [-0.05, 0) is 17.7 Å². The molecule has 0 aliphatic carbocycles. The summed E-state index contributed by atoms with van der Waals surface area (Å²) >= 11 is 1.57. The van der Waals surface area contributed by atoms with E-state index in [-0.39, 0.29) is 5.84 Å². The van der Waals surface area contributed by atoms with Crippen LogP contribution in [0.4, 0.5) is 11.5 Å². The lowest BCUT2D eigenvalue weighted by molar-refractivity contribution is 0.317. The van der Waals surface area contributed by atoms with Crippen LogP contribution < -0.4 is 11.1 Å². The molecule has 0 radical (unpaired) electrons. The van der Waals surface area contributed by atoms with Crippen LogP contribution in [0.15, 0.2) is 45.7 Å². The second-order valence-corrected chi connectivity index (χ2v) is 5.07. The van der Waals surface area contributed by atoms with Gasteiger partial charge >= 0.3 is 0 Å². The van der Waals surface area contributed by atoms with Gasteiger partial charge in [0.05, 0.1) is 5.69 Å². The topological polar surface area (TPSA) is 96.4 Å². The molecular weight excluding hydrogens is 262 g/mol. The number of oxime groups is 1. The van der Waals surface area contributed by atoms with Crippen LogP contribution in [-0.2, 0) is 6.42 Å². The highest BCUT2D eigenvalue weighted by atomic mass is 32.2. The van der Waals surface area contributed by atoms with Crippen molar-refractivity contribution in [3.8, 4) is 0 Å². The first kappa shape index (κ1) is 11.8. The molecule has 19 heavy (non-hydrogen) atoms. The van der Waals surface area contributed by atoms with Gasteiger partial charge in [-0.3, -0.25) is 0 Å². The monoisotopic (exact) mass is 273 g/mol. The number of nitrogens with zero attached hydrogens (tertiary/aromatic N) is 3. The Kier molecular flexibility index (Phi) is 2.96. The maximum atomic E-state index is 8.59. The third-order valence-corrected chi connectivity index (χ3v) is 3.75. The van der Waals surface area contributed by atoms with Gasteiger partial charge in [0.1, 0.15) is 10.9 Å². The van der Waals surface area contributed by atoms with E-state index in [0.29, 0.717) is 6.42 Å². The van der Waals surface area contributed by atoms with Gasteiger partial charge in [0, 0.05) is 23.7 Å². The molecule has 0 saturated heterocycles. The minimum atomic E-state index is 0.184. The molecule has 96 valence electrons. The fraction of sp³-hybridized carbons (Fsp3) is 0.0833. The Bertz CT molecular complexity index is 658. The number of amidine groups is 1. The van der Waals surface area contributed by atoms with Crippen molar-refractivity contribution in [1.29, 1.82) is 0 Å². The van der Waals surface area contributed by atoms with Crippen molar-refractivity contribution in [3.05, 3.63) is 36.2 Å². The van der Waals surface area contributed by atoms with Gasteiger partial charge in [0.2, 0.25) is 0 Å². The van der Waals surface area contributed by atoms with Crippen molar-refractivity contribution in [2.45, 2.75) is 16.3 Å². The quantitative estimate of drug-likeness (QED) is 0.286. The molecule has 0 bridgehead atoms. The predicted octanol–water partition coefficient (Wildman–Crippen LogP) is 1.97. The van der Waals surface area contributed by atoms with Crippen LogP contribution in [0.2, 0.25) is 0 Å². The molecule has 0 spiro atoms. The number of nitrogens with two attached hydrogens (primary N) is 1. The van der Waals surface area contributed by atoms with Gasteiger partial charge < -0.3 is 16.3 Å². The zero-order chi connectivity index (χ0) is 13.2. The van der Waals surface area contributed by atoms with Gasteiger partial charge in [-0.25, -0.2) is 9.97 Å². The van der Waals surface area contributed by atoms with E-state index in [2.05, 4.69) is 20.4 Å². The number of rotatable bonds is 2. The Morgan fingerprint density at radius 2 is 2.21 bits per heavy atom. The Morgan fingerprint density at radius 1 is 1.37 bits per heavy atom. The number of fused-ring (bicyclic) bond motifs is 2. The molecule has 7 heteroatoms. The highest BCUT2D eigenvalue weighted by Crippen LogP contribution is 2.41. The van der Waals surface area contributed by atoms with Crippen LogP contribution in [0, 0.1) is 0 Å². The van der Waals surface area contributed by atoms with Crippen molar-refractivity contribution in [1.82, 2.24) is 9.97 Å². The molecule has 1 aromatic carbocycles. The number of anilines is 2. The number of nitrogens with one attached hydrogen (secondary N) is 1. The second-order valence-electron chi connectivity index (χ2n) is 4.04. The first-order valence-electron chi connectivity index (χ1n) is 5.61. The van der Waals surface area contributed by atoms with Crippen LogP contribution in [0.5, 0.6) is 0 Å². The van der Waals surface area contributed by atoms with Crippen molar-refractivity contribution in [2.24, 2.45) is 10.9 Å². The van der Waals surface area contributed by atoms with E-state index in [9.17, 15) is 0 Å². The van der Waals surface area contributed by atoms with E-state index in [1.807, 2.05) is 18.2 Å². The third-order valence-electron chi connectivity index (χ3n) is 2.68. The largest absolute Gasteiger partial charge is 0.409 e. The smallest absolute Gasteiger partial charge is 0.163 e. The van der Waals surface area contributed by atoms with Crippen molar-refractivity contribution in [2.75, 3.05) is 5.32 Å². The fourth-order valence-electron chi connectivity index (χ4n) is 1.84. The molecule has 2 aromatic rings. The Morgan fingerprint density at radius 3 is 3.05 bits per heavy atom. The summed E-state index contributed by atoms with van der Waals surface area (Å²) in [5.41, 5.74) is 7.44. The lowest BCUT2D eigenvalue weighted by Gasteiger charge is -2.19. The number of benzene rings is 1. The van der Waals surface area contributed by atoms with Crippen LogP contribution in [0.25, 0.3) is 0 Å². The van der Waals surface area contributed by atoms with E-state index in [1.165, 1.54) is 0 Å². The van der Waals surface area contributed by atoms with Crippen molar-refractivity contribution < 1.29 is 5.21 Å². The summed E-state index contributed by atoms with van der Waals surface area (Å²) in [7, 11) is 0. The van der Waals surface area contributed by atoms with E-state index >= 15 is 0 Å². The molecule has 0 atom stereocenters. The van der Waals surface area contributed by atoms with Crippen LogP contribution >= 0.6 is 11.8 Å².